The molecule has 0 amide bonds. The molecule has 0 unspecified atom stereocenters. The Morgan fingerprint density at radius 3 is 2.85 bits per heavy atom. The molecular formula is C15H20N4O. The normalized spacial score (nSPS) is 10.6. The first kappa shape index (κ1) is 14.1. The highest BCUT2D eigenvalue weighted by Gasteiger charge is 2.04. The fourth-order valence-corrected chi connectivity index (χ4v) is 1.82. The summed E-state index contributed by atoms with van der Waals surface area (Å²) >= 11 is 0. The van der Waals surface area contributed by atoms with E-state index in [0.717, 1.165) is 22.6 Å². The van der Waals surface area contributed by atoms with E-state index < -0.39 is 0 Å². The van der Waals surface area contributed by atoms with Gasteiger partial charge in [-0.2, -0.15) is 0 Å². The third-order valence-electron chi connectivity index (χ3n) is 2.95. The van der Waals surface area contributed by atoms with Crippen molar-refractivity contribution in [3.05, 3.63) is 41.7 Å². The van der Waals surface area contributed by atoms with Crippen LogP contribution in [-0.4, -0.2) is 16.1 Å². The molecule has 0 aliphatic carbocycles. The van der Waals surface area contributed by atoms with Crippen LogP contribution in [0.4, 0.5) is 11.5 Å². The van der Waals surface area contributed by atoms with E-state index in [-0.39, 0.29) is 6.10 Å². The van der Waals surface area contributed by atoms with Crippen molar-refractivity contribution in [2.75, 3.05) is 11.1 Å². The monoisotopic (exact) mass is 272 g/mol. The van der Waals surface area contributed by atoms with Crippen LogP contribution in [0.2, 0.25) is 0 Å². The highest BCUT2D eigenvalue weighted by atomic mass is 16.5. The third-order valence-corrected chi connectivity index (χ3v) is 2.95. The second-order valence-corrected chi connectivity index (χ2v) is 4.89. The lowest BCUT2D eigenvalue weighted by molar-refractivity contribution is 0.232. The molecule has 3 N–H and O–H groups in total. The fourth-order valence-electron chi connectivity index (χ4n) is 1.82. The summed E-state index contributed by atoms with van der Waals surface area (Å²) in [6.45, 7) is 6.60. The summed E-state index contributed by atoms with van der Waals surface area (Å²) in [7, 11) is 0. The van der Waals surface area contributed by atoms with Crippen molar-refractivity contribution in [1.82, 2.24) is 9.97 Å². The summed E-state index contributed by atoms with van der Waals surface area (Å²) in [5.74, 6) is 1.30. The molecule has 0 aliphatic rings. The van der Waals surface area contributed by atoms with E-state index in [1.807, 2.05) is 39.0 Å². The minimum absolute atomic E-state index is 0.0916. The first-order valence-electron chi connectivity index (χ1n) is 6.63. The second kappa shape index (κ2) is 6.23. The lowest BCUT2D eigenvalue weighted by Gasteiger charge is -2.12. The Kier molecular flexibility index (Phi) is 4.40. The van der Waals surface area contributed by atoms with Crippen LogP contribution >= 0.6 is 0 Å². The summed E-state index contributed by atoms with van der Waals surface area (Å²) in [6, 6.07) is 7.69. The van der Waals surface area contributed by atoms with Gasteiger partial charge in [-0.05, 0) is 38.0 Å². The Balaban J connectivity index is 2.05. The van der Waals surface area contributed by atoms with E-state index in [1.165, 1.54) is 6.33 Å². The van der Waals surface area contributed by atoms with Gasteiger partial charge in [-0.3, -0.25) is 0 Å². The molecule has 0 bridgehead atoms. The van der Waals surface area contributed by atoms with E-state index in [0.29, 0.717) is 12.4 Å². The number of nitrogen functional groups attached to an aromatic ring is 1. The molecule has 5 nitrogen and oxygen atoms in total. The number of aromatic nitrogens is 2. The first-order valence-corrected chi connectivity index (χ1v) is 6.63. The molecule has 1 aromatic heterocycles. The Labute approximate surface area is 119 Å². The predicted octanol–water partition coefficient (Wildman–Crippen LogP) is 2.77. The van der Waals surface area contributed by atoms with Crippen LogP contribution in [0.25, 0.3) is 0 Å². The van der Waals surface area contributed by atoms with Gasteiger partial charge in [-0.1, -0.05) is 12.1 Å². The molecule has 2 aromatic rings. The molecule has 0 radical (unpaired) electrons. The fraction of sp³-hybridized carbons (Fsp3) is 0.333. The van der Waals surface area contributed by atoms with Gasteiger partial charge in [-0.25, -0.2) is 9.97 Å². The van der Waals surface area contributed by atoms with E-state index in [2.05, 4.69) is 15.3 Å². The molecule has 0 aliphatic heterocycles. The minimum atomic E-state index is 0.0916. The maximum atomic E-state index is 5.90. The summed E-state index contributed by atoms with van der Waals surface area (Å²) in [4.78, 5) is 8.25. The minimum Gasteiger partial charge on any atom is -0.475 e. The van der Waals surface area contributed by atoms with Gasteiger partial charge in [0.05, 0.1) is 6.10 Å². The highest BCUT2D eigenvalue weighted by Crippen LogP contribution is 2.18. The van der Waals surface area contributed by atoms with E-state index in [1.54, 1.807) is 6.07 Å². The maximum absolute atomic E-state index is 5.90. The number of anilines is 2. The zero-order valence-electron chi connectivity index (χ0n) is 12.1. The molecule has 5 heteroatoms. The van der Waals surface area contributed by atoms with Crippen LogP contribution in [0.15, 0.2) is 30.6 Å². The number of nitrogens with two attached hydrogens (primary N) is 1. The van der Waals surface area contributed by atoms with Crippen molar-refractivity contribution in [1.29, 1.82) is 0 Å². The molecule has 0 saturated heterocycles. The molecule has 20 heavy (non-hydrogen) atoms. The molecule has 0 fully saturated rings. The van der Waals surface area contributed by atoms with Crippen LogP contribution in [0.5, 0.6) is 5.88 Å². The Morgan fingerprint density at radius 1 is 1.30 bits per heavy atom. The SMILES string of the molecule is Cc1c(N)cccc1CNc1cc(OC(C)C)ncn1. The van der Waals surface area contributed by atoms with Crippen LogP contribution in [-0.2, 0) is 6.54 Å². The van der Waals surface area contributed by atoms with Crippen molar-refractivity contribution in [3.63, 3.8) is 0 Å². The van der Waals surface area contributed by atoms with Crippen LogP contribution in [0.1, 0.15) is 25.0 Å². The lowest BCUT2D eigenvalue weighted by Crippen LogP contribution is -2.09. The van der Waals surface area contributed by atoms with Crippen LogP contribution in [0.3, 0.4) is 0 Å². The standard InChI is InChI=1S/C15H20N4O/c1-10(2)20-15-7-14(18-9-19-15)17-8-12-5-4-6-13(16)11(12)3/h4-7,9-10H,8,16H2,1-3H3,(H,17,18,19). The van der Waals surface area contributed by atoms with Gasteiger partial charge in [-0.15, -0.1) is 0 Å². The maximum Gasteiger partial charge on any atom is 0.218 e. The Hall–Kier alpha value is -2.30. The molecule has 2 rings (SSSR count). The van der Waals surface area contributed by atoms with Gasteiger partial charge in [0.1, 0.15) is 12.1 Å². The average molecular weight is 272 g/mol. The number of hydrogen-bond donors (Lipinski definition) is 2. The zero-order chi connectivity index (χ0) is 14.5. The zero-order valence-corrected chi connectivity index (χ0v) is 12.1. The number of ether oxygens (including phenoxy) is 1. The Bertz CT molecular complexity index is 584. The van der Waals surface area contributed by atoms with E-state index >= 15 is 0 Å². The van der Waals surface area contributed by atoms with Gasteiger partial charge in [0, 0.05) is 18.3 Å². The molecule has 1 aromatic carbocycles. The summed E-state index contributed by atoms with van der Waals surface area (Å²) in [5.41, 5.74) is 8.94. The summed E-state index contributed by atoms with van der Waals surface area (Å²) < 4.78 is 5.54. The number of nitrogens with zero attached hydrogens (tertiary/aromatic N) is 2. The van der Waals surface area contributed by atoms with Crippen molar-refractivity contribution in [2.24, 2.45) is 0 Å². The largest absolute Gasteiger partial charge is 0.475 e. The van der Waals surface area contributed by atoms with E-state index in [9.17, 15) is 0 Å². The topological polar surface area (TPSA) is 73.1 Å². The molecule has 0 spiro atoms. The average Bonchev–Trinajstić information content (AvgIpc) is 2.40. The van der Waals surface area contributed by atoms with Gasteiger partial charge in [0.25, 0.3) is 0 Å². The number of hydrogen-bond acceptors (Lipinski definition) is 5. The van der Waals surface area contributed by atoms with Crippen LogP contribution < -0.4 is 15.8 Å². The van der Waals surface area contributed by atoms with Gasteiger partial charge in [0.15, 0.2) is 0 Å². The van der Waals surface area contributed by atoms with Crippen molar-refractivity contribution in [2.45, 2.75) is 33.4 Å². The third kappa shape index (κ3) is 3.60. The van der Waals surface area contributed by atoms with Crippen LogP contribution in [0, 0.1) is 6.92 Å². The van der Waals surface area contributed by atoms with E-state index in [4.69, 9.17) is 10.5 Å². The van der Waals surface area contributed by atoms with Gasteiger partial charge >= 0.3 is 0 Å². The predicted molar refractivity (Wildman–Crippen MR) is 80.7 cm³/mol. The second-order valence-electron chi connectivity index (χ2n) is 4.89. The van der Waals surface area contributed by atoms with Crippen molar-refractivity contribution in [3.8, 4) is 5.88 Å². The van der Waals surface area contributed by atoms with Gasteiger partial charge in [0.2, 0.25) is 5.88 Å². The summed E-state index contributed by atoms with van der Waals surface area (Å²) in [5, 5.41) is 3.26. The van der Waals surface area contributed by atoms with Crippen molar-refractivity contribution >= 4 is 11.5 Å². The Morgan fingerprint density at radius 2 is 2.10 bits per heavy atom. The summed E-state index contributed by atoms with van der Waals surface area (Å²) in [6.07, 6.45) is 1.58. The quantitative estimate of drug-likeness (QED) is 0.819. The molecule has 1 heterocycles. The number of benzene rings is 1. The highest BCUT2D eigenvalue weighted by molar-refractivity contribution is 5.51. The molecule has 0 saturated carbocycles. The molecular weight excluding hydrogens is 252 g/mol. The van der Waals surface area contributed by atoms with Crippen molar-refractivity contribution < 1.29 is 4.74 Å². The number of rotatable bonds is 5. The first-order chi connectivity index (χ1) is 9.56. The lowest BCUT2D eigenvalue weighted by atomic mass is 10.1. The number of nitrogens with one attached hydrogen (secondary N) is 1. The van der Waals surface area contributed by atoms with Gasteiger partial charge < -0.3 is 15.8 Å². The molecule has 106 valence electrons. The molecule has 0 atom stereocenters. The smallest absolute Gasteiger partial charge is 0.218 e.